The van der Waals surface area contributed by atoms with Crippen LogP contribution in [-0.2, 0) is 0 Å². The number of halogens is 2. The Bertz CT molecular complexity index is 303. The number of aliphatic hydroxyl groups is 2. The zero-order valence-corrected chi connectivity index (χ0v) is 7.98. The van der Waals surface area contributed by atoms with Gasteiger partial charge in [-0.15, -0.1) is 0 Å². The number of hydrogen-bond donors (Lipinski definition) is 3. The van der Waals surface area contributed by atoms with Crippen molar-refractivity contribution >= 4 is 0 Å². The van der Waals surface area contributed by atoms with E-state index in [0.29, 0.717) is 5.56 Å². The standard InChI is InChI=1S/C10H13F2NO2/c11-10(12)7-3-1-6(2-4-7)9(15)8(14)5-13/h1-4,8-10,14-15H,5,13H2. The van der Waals surface area contributed by atoms with Crippen LogP contribution in [0.3, 0.4) is 0 Å². The van der Waals surface area contributed by atoms with E-state index in [4.69, 9.17) is 5.73 Å². The zero-order chi connectivity index (χ0) is 11.4. The summed E-state index contributed by atoms with van der Waals surface area (Å²) in [5.41, 5.74) is 5.41. The number of nitrogens with two attached hydrogens (primary N) is 1. The van der Waals surface area contributed by atoms with Crippen molar-refractivity contribution in [2.45, 2.75) is 18.6 Å². The van der Waals surface area contributed by atoms with Crippen molar-refractivity contribution in [3.8, 4) is 0 Å². The van der Waals surface area contributed by atoms with Gasteiger partial charge in [-0.05, 0) is 5.56 Å². The summed E-state index contributed by atoms with van der Waals surface area (Å²) in [6.45, 7) is -0.0856. The quantitative estimate of drug-likeness (QED) is 0.704. The molecule has 1 aromatic rings. The summed E-state index contributed by atoms with van der Waals surface area (Å²) in [5.74, 6) is 0. The highest BCUT2D eigenvalue weighted by atomic mass is 19.3. The molecule has 15 heavy (non-hydrogen) atoms. The predicted octanol–water partition coefficient (Wildman–Crippen LogP) is 0.977. The van der Waals surface area contributed by atoms with Crippen LogP contribution in [0.5, 0.6) is 0 Å². The summed E-state index contributed by atoms with van der Waals surface area (Å²) >= 11 is 0. The summed E-state index contributed by atoms with van der Waals surface area (Å²) in [7, 11) is 0. The normalized spacial score (nSPS) is 15.3. The van der Waals surface area contributed by atoms with Gasteiger partial charge in [0, 0.05) is 12.1 Å². The fourth-order valence-corrected chi connectivity index (χ4v) is 1.19. The molecule has 0 fully saturated rings. The van der Waals surface area contributed by atoms with Crippen LogP contribution in [0.4, 0.5) is 8.78 Å². The maximum Gasteiger partial charge on any atom is 0.263 e. The van der Waals surface area contributed by atoms with E-state index in [0.717, 1.165) is 0 Å². The minimum atomic E-state index is -2.53. The molecule has 1 aromatic carbocycles. The number of benzene rings is 1. The summed E-state index contributed by atoms with van der Waals surface area (Å²) in [6, 6.07) is 5.13. The molecule has 2 unspecified atom stereocenters. The second-order valence-electron chi connectivity index (χ2n) is 3.22. The lowest BCUT2D eigenvalue weighted by Crippen LogP contribution is -2.27. The largest absolute Gasteiger partial charge is 0.389 e. The molecular weight excluding hydrogens is 204 g/mol. The first kappa shape index (κ1) is 12.0. The SMILES string of the molecule is NCC(O)C(O)c1ccc(C(F)F)cc1. The summed E-state index contributed by atoms with van der Waals surface area (Å²) in [5, 5.41) is 18.7. The van der Waals surface area contributed by atoms with E-state index in [1.54, 1.807) is 0 Å². The Morgan fingerprint density at radius 3 is 1.93 bits per heavy atom. The van der Waals surface area contributed by atoms with E-state index in [2.05, 4.69) is 0 Å². The van der Waals surface area contributed by atoms with Crippen molar-refractivity contribution in [2.24, 2.45) is 5.73 Å². The van der Waals surface area contributed by atoms with Crippen LogP contribution in [0.25, 0.3) is 0 Å². The first-order valence-electron chi connectivity index (χ1n) is 4.50. The van der Waals surface area contributed by atoms with Crippen molar-refractivity contribution in [1.82, 2.24) is 0 Å². The molecule has 1 rings (SSSR count). The number of hydrogen-bond acceptors (Lipinski definition) is 3. The minimum absolute atomic E-state index is 0.0856. The molecule has 0 aliphatic carbocycles. The highest BCUT2D eigenvalue weighted by molar-refractivity contribution is 5.25. The molecule has 0 saturated heterocycles. The van der Waals surface area contributed by atoms with Crippen LogP contribution in [0.2, 0.25) is 0 Å². The third-order valence-corrected chi connectivity index (χ3v) is 2.14. The Labute approximate surface area is 86.2 Å². The zero-order valence-electron chi connectivity index (χ0n) is 7.98. The third-order valence-electron chi connectivity index (χ3n) is 2.14. The third kappa shape index (κ3) is 2.95. The highest BCUT2D eigenvalue weighted by Crippen LogP contribution is 2.22. The fourth-order valence-electron chi connectivity index (χ4n) is 1.19. The van der Waals surface area contributed by atoms with Gasteiger partial charge in [0.05, 0.1) is 6.10 Å². The predicted molar refractivity (Wildman–Crippen MR) is 51.4 cm³/mol. The molecule has 0 radical (unpaired) electrons. The van der Waals surface area contributed by atoms with E-state index in [9.17, 15) is 19.0 Å². The van der Waals surface area contributed by atoms with Crippen molar-refractivity contribution in [3.05, 3.63) is 35.4 Å². The average molecular weight is 217 g/mol. The van der Waals surface area contributed by atoms with E-state index >= 15 is 0 Å². The molecule has 0 heterocycles. The van der Waals surface area contributed by atoms with Crippen LogP contribution in [0.1, 0.15) is 23.7 Å². The highest BCUT2D eigenvalue weighted by Gasteiger charge is 2.17. The second kappa shape index (κ2) is 5.16. The van der Waals surface area contributed by atoms with E-state index < -0.39 is 18.6 Å². The van der Waals surface area contributed by atoms with Crippen molar-refractivity contribution in [1.29, 1.82) is 0 Å². The van der Waals surface area contributed by atoms with Crippen molar-refractivity contribution < 1.29 is 19.0 Å². The van der Waals surface area contributed by atoms with E-state index in [1.807, 2.05) is 0 Å². The molecule has 0 saturated carbocycles. The Morgan fingerprint density at radius 1 is 1.07 bits per heavy atom. The molecule has 0 aliphatic heterocycles. The van der Waals surface area contributed by atoms with Gasteiger partial charge in [0.15, 0.2) is 0 Å². The molecule has 2 atom stereocenters. The van der Waals surface area contributed by atoms with Crippen LogP contribution < -0.4 is 5.73 Å². The van der Waals surface area contributed by atoms with Gasteiger partial charge in [0.2, 0.25) is 0 Å². The molecule has 4 N–H and O–H groups in total. The number of aliphatic hydroxyl groups excluding tert-OH is 2. The van der Waals surface area contributed by atoms with Gasteiger partial charge in [-0.2, -0.15) is 0 Å². The Hall–Kier alpha value is -1.04. The summed E-state index contributed by atoms with van der Waals surface area (Å²) in [4.78, 5) is 0. The summed E-state index contributed by atoms with van der Waals surface area (Å²) < 4.78 is 24.4. The van der Waals surface area contributed by atoms with Gasteiger partial charge in [0.25, 0.3) is 6.43 Å². The monoisotopic (exact) mass is 217 g/mol. The van der Waals surface area contributed by atoms with Crippen molar-refractivity contribution in [3.63, 3.8) is 0 Å². The number of rotatable bonds is 4. The van der Waals surface area contributed by atoms with Gasteiger partial charge in [0.1, 0.15) is 6.10 Å². The van der Waals surface area contributed by atoms with Gasteiger partial charge >= 0.3 is 0 Å². The van der Waals surface area contributed by atoms with Crippen LogP contribution in [0, 0.1) is 0 Å². The smallest absolute Gasteiger partial charge is 0.263 e. The molecule has 5 heteroatoms. The lowest BCUT2D eigenvalue weighted by atomic mass is 10.0. The first-order chi connectivity index (χ1) is 7.06. The van der Waals surface area contributed by atoms with Gasteiger partial charge < -0.3 is 15.9 Å². The molecule has 84 valence electrons. The number of alkyl halides is 2. The second-order valence-corrected chi connectivity index (χ2v) is 3.22. The van der Waals surface area contributed by atoms with E-state index in [1.165, 1.54) is 24.3 Å². The molecule has 0 amide bonds. The topological polar surface area (TPSA) is 66.5 Å². The molecule has 0 aliphatic rings. The lowest BCUT2D eigenvalue weighted by Gasteiger charge is -2.16. The van der Waals surface area contributed by atoms with Gasteiger partial charge in [-0.25, -0.2) is 8.78 Å². The average Bonchev–Trinajstić information content (AvgIpc) is 2.27. The van der Waals surface area contributed by atoms with Crippen LogP contribution in [-0.4, -0.2) is 22.9 Å². The van der Waals surface area contributed by atoms with Gasteiger partial charge in [-0.3, -0.25) is 0 Å². The molecule has 0 bridgehead atoms. The fraction of sp³-hybridized carbons (Fsp3) is 0.400. The first-order valence-corrected chi connectivity index (χ1v) is 4.50. The van der Waals surface area contributed by atoms with Crippen LogP contribution >= 0.6 is 0 Å². The maximum absolute atomic E-state index is 12.2. The Morgan fingerprint density at radius 2 is 1.53 bits per heavy atom. The Balaban J connectivity index is 2.79. The minimum Gasteiger partial charge on any atom is -0.389 e. The molecule has 0 spiro atoms. The van der Waals surface area contributed by atoms with Crippen molar-refractivity contribution in [2.75, 3.05) is 6.54 Å². The van der Waals surface area contributed by atoms with Gasteiger partial charge in [-0.1, -0.05) is 24.3 Å². The Kier molecular flexibility index (Phi) is 4.14. The van der Waals surface area contributed by atoms with E-state index in [-0.39, 0.29) is 12.1 Å². The molecular formula is C10H13F2NO2. The lowest BCUT2D eigenvalue weighted by molar-refractivity contribution is 0.0243. The molecule has 0 aromatic heterocycles. The van der Waals surface area contributed by atoms with Crippen LogP contribution in [0.15, 0.2) is 24.3 Å². The maximum atomic E-state index is 12.2. The molecule has 3 nitrogen and oxygen atoms in total. The summed E-state index contributed by atoms with van der Waals surface area (Å²) in [6.07, 6.45) is -4.75.